The van der Waals surface area contributed by atoms with Crippen molar-refractivity contribution in [1.82, 2.24) is 14.7 Å². The van der Waals surface area contributed by atoms with Crippen LogP contribution in [0.15, 0.2) is 53.1 Å². The van der Waals surface area contributed by atoms with Gasteiger partial charge in [0.05, 0.1) is 12.0 Å². The van der Waals surface area contributed by atoms with E-state index in [4.69, 9.17) is 16.0 Å². The van der Waals surface area contributed by atoms with Gasteiger partial charge in [-0.1, -0.05) is 17.7 Å². The van der Waals surface area contributed by atoms with Crippen molar-refractivity contribution < 1.29 is 9.21 Å². The van der Waals surface area contributed by atoms with E-state index in [0.717, 1.165) is 5.69 Å². The van der Waals surface area contributed by atoms with Gasteiger partial charge in [-0.15, -0.1) is 0 Å². The molecule has 5 nitrogen and oxygen atoms in total. The third kappa shape index (κ3) is 3.08. The number of halogens is 1. The molecule has 0 N–H and O–H groups in total. The Morgan fingerprint density at radius 3 is 2.62 bits per heavy atom. The highest BCUT2D eigenvalue weighted by Crippen LogP contribution is 2.24. The van der Waals surface area contributed by atoms with Crippen LogP contribution in [0.3, 0.4) is 0 Å². The smallest absolute Gasteiger partial charge is 0.272 e. The normalized spacial score (nSPS) is 10.8. The van der Waals surface area contributed by atoms with E-state index in [1.165, 1.54) is 0 Å². The Hall–Kier alpha value is -2.53. The quantitative estimate of drug-likeness (QED) is 0.695. The fraction of sp³-hybridized carbons (Fsp3) is 0.222. The highest BCUT2D eigenvalue weighted by Gasteiger charge is 2.22. The molecule has 3 rings (SSSR count). The number of furan rings is 1. The Morgan fingerprint density at radius 1 is 1.21 bits per heavy atom. The lowest BCUT2D eigenvalue weighted by Crippen LogP contribution is -2.32. The predicted molar refractivity (Wildman–Crippen MR) is 93.5 cm³/mol. The second-order valence-electron chi connectivity index (χ2n) is 5.26. The van der Waals surface area contributed by atoms with Crippen molar-refractivity contribution in [3.63, 3.8) is 0 Å². The zero-order chi connectivity index (χ0) is 17.1. The fourth-order valence-electron chi connectivity index (χ4n) is 2.56. The molecule has 0 saturated carbocycles. The van der Waals surface area contributed by atoms with Crippen molar-refractivity contribution in [3.8, 4) is 17.1 Å². The molecular formula is C18H18ClN3O2. The van der Waals surface area contributed by atoms with Gasteiger partial charge in [0.15, 0.2) is 5.76 Å². The monoisotopic (exact) mass is 343 g/mol. The van der Waals surface area contributed by atoms with E-state index >= 15 is 0 Å². The van der Waals surface area contributed by atoms with Crippen molar-refractivity contribution in [2.75, 3.05) is 13.1 Å². The maximum atomic E-state index is 12.9. The van der Waals surface area contributed by atoms with E-state index in [-0.39, 0.29) is 5.91 Å². The standard InChI is InChI=1S/C18H18ClN3O2/c1-3-21(4-2)18(23)16-12-15(17-9-6-10-24-17)20-22(16)14-8-5-7-13(19)11-14/h5-12H,3-4H2,1-2H3. The van der Waals surface area contributed by atoms with E-state index in [0.29, 0.717) is 35.3 Å². The lowest BCUT2D eigenvalue weighted by molar-refractivity contribution is 0.0764. The second-order valence-corrected chi connectivity index (χ2v) is 5.70. The summed E-state index contributed by atoms with van der Waals surface area (Å²) in [6.07, 6.45) is 1.58. The summed E-state index contributed by atoms with van der Waals surface area (Å²) in [5.74, 6) is 0.537. The summed E-state index contributed by atoms with van der Waals surface area (Å²) in [5, 5.41) is 5.14. The van der Waals surface area contributed by atoms with Crippen molar-refractivity contribution >= 4 is 17.5 Å². The molecule has 2 heterocycles. The first kappa shape index (κ1) is 16.3. The van der Waals surface area contributed by atoms with E-state index in [1.807, 2.05) is 32.0 Å². The molecule has 24 heavy (non-hydrogen) atoms. The average Bonchev–Trinajstić information content (AvgIpc) is 3.25. The molecule has 0 saturated heterocycles. The third-order valence-electron chi connectivity index (χ3n) is 3.81. The molecule has 124 valence electrons. The fourth-order valence-corrected chi connectivity index (χ4v) is 2.74. The van der Waals surface area contributed by atoms with Crippen molar-refractivity contribution in [1.29, 1.82) is 0 Å². The summed E-state index contributed by atoms with van der Waals surface area (Å²) >= 11 is 6.10. The Bertz CT molecular complexity index is 836. The first-order valence-corrected chi connectivity index (χ1v) is 8.21. The minimum absolute atomic E-state index is 0.0784. The lowest BCUT2D eigenvalue weighted by Gasteiger charge is -2.19. The van der Waals surface area contributed by atoms with Crippen molar-refractivity contribution in [3.05, 3.63) is 59.4 Å². The van der Waals surface area contributed by atoms with Gasteiger partial charge < -0.3 is 9.32 Å². The molecule has 0 radical (unpaired) electrons. The summed E-state index contributed by atoms with van der Waals surface area (Å²) in [5.41, 5.74) is 1.82. The molecule has 0 unspecified atom stereocenters. The number of nitrogens with zero attached hydrogens (tertiary/aromatic N) is 3. The van der Waals surface area contributed by atoms with Gasteiger partial charge in [-0.25, -0.2) is 4.68 Å². The van der Waals surface area contributed by atoms with Crippen LogP contribution >= 0.6 is 11.6 Å². The van der Waals surface area contributed by atoms with Gasteiger partial charge in [0.1, 0.15) is 11.4 Å². The highest BCUT2D eigenvalue weighted by molar-refractivity contribution is 6.30. The topological polar surface area (TPSA) is 51.3 Å². The molecule has 0 atom stereocenters. The first-order chi connectivity index (χ1) is 11.6. The Balaban J connectivity index is 2.13. The molecule has 0 aliphatic carbocycles. The lowest BCUT2D eigenvalue weighted by atomic mass is 10.2. The summed E-state index contributed by atoms with van der Waals surface area (Å²) in [6, 6.07) is 12.6. The predicted octanol–water partition coefficient (Wildman–Crippen LogP) is 4.27. The minimum atomic E-state index is -0.0784. The number of rotatable bonds is 5. The van der Waals surface area contributed by atoms with Crippen LogP contribution < -0.4 is 0 Å². The molecule has 6 heteroatoms. The Kier molecular flexibility index (Phi) is 4.71. The summed E-state index contributed by atoms with van der Waals surface area (Å²) in [6.45, 7) is 5.17. The van der Waals surface area contributed by atoms with Crippen LogP contribution in [-0.4, -0.2) is 33.7 Å². The van der Waals surface area contributed by atoms with Crippen LogP contribution in [0.4, 0.5) is 0 Å². The Morgan fingerprint density at radius 2 is 2.00 bits per heavy atom. The first-order valence-electron chi connectivity index (χ1n) is 7.83. The van der Waals surface area contributed by atoms with E-state index in [2.05, 4.69) is 5.10 Å². The van der Waals surface area contributed by atoms with Crippen LogP contribution in [0.1, 0.15) is 24.3 Å². The zero-order valence-corrected chi connectivity index (χ0v) is 14.3. The van der Waals surface area contributed by atoms with Gasteiger partial charge >= 0.3 is 0 Å². The molecule has 0 aliphatic heterocycles. The molecule has 1 amide bonds. The molecular weight excluding hydrogens is 326 g/mol. The molecule has 0 bridgehead atoms. The maximum Gasteiger partial charge on any atom is 0.272 e. The molecule has 1 aromatic carbocycles. The van der Waals surface area contributed by atoms with E-state index < -0.39 is 0 Å². The van der Waals surface area contributed by atoms with Gasteiger partial charge in [0.2, 0.25) is 0 Å². The van der Waals surface area contributed by atoms with E-state index in [1.54, 1.807) is 40.1 Å². The Labute approximate surface area is 145 Å². The van der Waals surface area contributed by atoms with Gasteiger partial charge in [-0.3, -0.25) is 4.79 Å². The number of hydrogen-bond donors (Lipinski definition) is 0. The number of benzene rings is 1. The second kappa shape index (κ2) is 6.93. The van der Waals surface area contributed by atoms with Crippen LogP contribution in [0.25, 0.3) is 17.1 Å². The molecule has 0 aliphatic rings. The number of carbonyl (C=O) groups is 1. The molecule has 2 aromatic heterocycles. The van der Waals surface area contributed by atoms with Gasteiger partial charge in [0.25, 0.3) is 5.91 Å². The third-order valence-corrected chi connectivity index (χ3v) is 4.04. The van der Waals surface area contributed by atoms with Crippen LogP contribution in [-0.2, 0) is 0 Å². The number of hydrogen-bond acceptors (Lipinski definition) is 3. The summed E-state index contributed by atoms with van der Waals surface area (Å²) < 4.78 is 7.03. The molecule has 0 fully saturated rings. The number of aromatic nitrogens is 2. The van der Waals surface area contributed by atoms with Gasteiger partial charge in [-0.05, 0) is 44.2 Å². The number of amides is 1. The molecule has 0 spiro atoms. The van der Waals surface area contributed by atoms with Gasteiger partial charge in [-0.2, -0.15) is 5.10 Å². The molecule has 3 aromatic rings. The summed E-state index contributed by atoms with van der Waals surface area (Å²) in [4.78, 5) is 14.6. The average molecular weight is 344 g/mol. The van der Waals surface area contributed by atoms with Crippen LogP contribution in [0.5, 0.6) is 0 Å². The maximum absolute atomic E-state index is 12.9. The minimum Gasteiger partial charge on any atom is -0.463 e. The zero-order valence-electron chi connectivity index (χ0n) is 13.6. The van der Waals surface area contributed by atoms with Crippen LogP contribution in [0, 0.1) is 0 Å². The van der Waals surface area contributed by atoms with Crippen molar-refractivity contribution in [2.24, 2.45) is 0 Å². The summed E-state index contributed by atoms with van der Waals surface area (Å²) in [7, 11) is 0. The SMILES string of the molecule is CCN(CC)C(=O)c1cc(-c2ccco2)nn1-c1cccc(Cl)c1. The van der Waals surface area contributed by atoms with E-state index in [9.17, 15) is 4.79 Å². The highest BCUT2D eigenvalue weighted by atomic mass is 35.5. The van der Waals surface area contributed by atoms with Crippen LogP contribution in [0.2, 0.25) is 5.02 Å². The van der Waals surface area contributed by atoms with Gasteiger partial charge in [0, 0.05) is 24.2 Å². The largest absolute Gasteiger partial charge is 0.463 e. The number of carbonyl (C=O) groups excluding carboxylic acids is 1. The van der Waals surface area contributed by atoms with Crippen molar-refractivity contribution in [2.45, 2.75) is 13.8 Å².